The van der Waals surface area contributed by atoms with Gasteiger partial charge in [-0.3, -0.25) is 4.79 Å². The normalized spacial score (nSPS) is 22.8. The van der Waals surface area contributed by atoms with E-state index < -0.39 is 5.60 Å². The van der Waals surface area contributed by atoms with Gasteiger partial charge < -0.3 is 15.0 Å². The number of ether oxygens (including phenoxy) is 1. The molecule has 3 aliphatic heterocycles. The summed E-state index contributed by atoms with van der Waals surface area (Å²) >= 11 is 0. The first-order valence-corrected chi connectivity index (χ1v) is 8.58. The highest BCUT2D eigenvalue weighted by Gasteiger charge is 2.47. The molecule has 2 fully saturated rings. The number of hydrogen-bond acceptors (Lipinski definition) is 4. The van der Waals surface area contributed by atoms with Gasteiger partial charge in [-0.25, -0.2) is 4.79 Å². The molecule has 3 heterocycles. The second-order valence-electron chi connectivity index (χ2n) is 6.71. The van der Waals surface area contributed by atoms with Crippen molar-refractivity contribution in [1.29, 1.82) is 0 Å². The number of nitrogens with zero attached hydrogens (tertiary/aromatic N) is 1. The largest absolute Gasteiger partial charge is 0.450 e. The highest BCUT2D eigenvalue weighted by Crippen LogP contribution is 2.44. The molecule has 122 valence electrons. The molecule has 1 aromatic carbocycles. The van der Waals surface area contributed by atoms with Gasteiger partial charge in [0.1, 0.15) is 5.60 Å². The Kier molecular flexibility index (Phi) is 3.60. The molecule has 0 bridgehead atoms. The maximum absolute atomic E-state index is 12.9. The van der Waals surface area contributed by atoms with Crippen LogP contribution in [0.1, 0.15) is 58.4 Å². The molecular weight excluding hydrogens is 292 g/mol. The van der Waals surface area contributed by atoms with Crippen molar-refractivity contribution in [3.05, 3.63) is 34.9 Å². The van der Waals surface area contributed by atoms with E-state index in [2.05, 4.69) is 5.32 Å². The Labute approximate surface area is 136 Å². The second kappa shape index (κ2) is 5.64. The molecule has 2 saturated heterocycles. The lowest BCUT2D eigenvalue weighted by molar-refractivity contribution is -0.0242. The van der Waals surface area contributed by atoms with Crippen LogP contribution in [0.4, 0.5) is 0 Å². The lowest BCUT2D eigenvalue weighted by Crippen LogP contribution is -2.40. The third-order valence-corrected chi connectivity index (χ3v) is 5.33. The van der Waals surface area contributed by atoms with Crippen molar-refractivity contribution in [2.24, 2.45) is 0 Å². The first-order chi connectivity index (χ1) is 11.2. The number of esters is 1. The third kappa shape index (κ3) is 2.34. The average Bonchev–Trinajstić information content (AvgIpc) is 2.88. The van der Waals surface area contributed by atoms with E-state index in [1.54, 1.807) is 6.07 Å². The molecule has 5 heteroatoms. The standard InChI is InChI=1S/C18H22N2O3/c21-16(20-11-2-1-3-12-20)13-5-4-6-14-15(13)17(22)23-18(14)7-9-19-10-8-18/h4-6,19H,1-3,7-12H2. The fourth-order valence-corrected chi connectivity index (χ4v) is 4.08. The number of carbonyl (C=O) groups is 2. The van der Waals surface area contributed by atoms with Gasteiger partial charge in [0.25, 0.3) is 5.91 Å². The Morgan fingerprint density at radius 1 is 1.13 bits per heavy atom. The van der Waals surface area contributed by atoms with Crippen LogP contribution in [0.5, 0.6) is 0 Å². The van der Waals surface area contributed by atoms with Crippen LogP contribution in [0.25, 0.3) is 0 Å². The molecule has 23 heavy (non-hydrogen) atoms. The average molecular weight is 314 g/mol. The van der Waals surface area contributed by atoms with E-state index in [-0.39, 0.29) is 11.9 Å². The van der Waals surface area contributed by atoms with Crippen molar-refractivity contribution in [2.75, 3.05) is 26.2 Å². The number of benzene rings is 1. The van der Waals surface area contributed by atoms with E-state index in [0.717, 1.165) is 57.4 Å². The minimum Gasteiger partial charge on any atom is -0.450 e. The maximum atomic E-state index is 12.9. The van der Waals surface area contributed by atoms with Crippen LogP contribution in [0.2, 0.25) is 0 Å². The summed E-state index contributed by atoms with van der Waals surface area (Å²) in [5.41, 5.74) is 1.40. The number of carbonyl (C=O) groups excluding carboxylic acids is 2. The van der Waals surface area contributed by atoms with Crippen LogP contribution in [0, 0.1) is 0 Å². The molecular formula is C18H22N2O3. The maximum Gasteiger partial charge on any atom is 0.340 e. The van der Waals surface area contributed by atoms with Gasteiger partial charge in [-0.1, -0.05) is 12.1 Å². The summed E-state index contributed by atoms with van der Waals surface area (Å²) in [6.45, 7) is 3.23. The predicted molar refractivity (Wildman–Crippen MR) is 85.4 cm³/mol. The molecule has 1 aromatic rings. The predicted octanol–water partition coefficient (Wildman–Crippen LogP) is 2.06. The highest BCUT2D eigenvalue weighted by molar-refractivity contribution is 6.08. The van der Waals surface area contributed by atoms with Crippen LogP contribution in [0.3, 0.4) is 0 Å². The van der Waals surface area contributed by atoms with Crippen molar-refractivity contribution in [3.63, 3.8) is 0 Å². The number of nitrogens with one attached hydrogen (secondary N) is 1. The van der Waals surface area contributed by atoms with Gasteiger partial charge in [0, 0.05) is 31.5 Å². The molecule has 0 aliphatic carbocycles. The van der Waals surface area contributed by atoms with E-state index in [1.807, 2.05) is 17.0 Å². The number of likely N-dealkylation sites (tertiary alicyclic amines) is 1. The summed E-state index contributed by atoms with van der Waals surface area (Å²) in [5, 5.41) is 3.30. The fraction of sp³-hybridized carbons (Fsp3) is 0.556. The Morgan fingerprint density at radius 3 is 2.61 bits per heavy atom. The molecule has 0 atom stereocenters. The monoisotopic (exact) mass is 314 g/mol. The van der Waals surface area contributed by atoms with Crippen molar-refractivity contribution in [2.45, 2.75) is 37.7 Å². The van der Waals surface area contributed by atoms with E-state index in [1.165, 1.54) is 6.42 Å². The summed E-state index contributed by atoms with van der Waals surface area (Å²) in [6.07, 6.45) is 4.80. The Bertz CT molecular complexity index is 644. The molecule has 3 aliphatic rings. The van der Waals surface area contributed by atoms with Crippen LogP contribution in [-0.2, 0) is 10.3 Å². The van der Waals surface area contributed by atoms with Crippen LogP contribution in [0.15, 0.2) is 18.2 Å². The zero-order valence-electron chi connectivity index (χ0n) is 13.3. The zero-order valence-corrected chi connectivity index (χ0v) is 13.3. The van der Waals surface area contributed by atoms with E-state index in [0.29, 0.717) is 11.1 Å². The summed E-state index contributed by atoms with van der Waals surface area (Å²) in [4.78, 5) is 27.3. The minimum absolute atomic E-state index is 0.0236. The van der Waals surface area contributed by atoms with Crippen molar-refractivity contribution < 1.29 is 14.3 Å². The number of piperidine rings is 2. The van der Waals surface area contributed by atoms with Crippen molar-refractivity contribution >= 4 is 11.9 Å². The SMILES string of the molecule is O=C1OC2(CCNCC2)c2cccc(C(=O)N3CCCCC3)c21. The minimum atomic E-state index is -0.532. The smallest absolute Gasteiger partial charge is 0.340 e. The number of hydrogen-bond donors (Lipinski definition) is 1. The Hall–Kier alpha value is -1.88. The summed E-state index contributed by atoms with van der Waals surface area (Å²) < 4.78 is 5.79. The summed E-state index contributed by atoms with van der Waals surface area (Å²) in [5.74, 6) is -0.354. The van der Waals surface area contributed by atoms with Crippen LogP contribution >= 0.6 is 0 Å². The molecule has 4 rings (SSSR count). The first kappa shape index (κ1) is 14.7. The third-order valence-electron chi connectivity index (χ3n) is 5.33. The van der Waals surface area contributed by atoms with E-state index in [4.69, 9.17) is 4.74 Å². The molecule has 1 amide bonds. The first-order valence-electron chi connectivity index (χ1n) is 8.58. The topological polar surface area (TPSA) is 58.6 Å². The number of rotatable bonds is 1. The summed E-state index contributed by atoms with van der Waals surface area (Å²) in [7, 11) is 0. The molecule has 0 aromatic heterocycles. The van der Waals surface area contributed by atoms with Gasteiger partial charge >= 0.3 is 5.97 Å². The van der Waals surface area contributed by atoms with Gasteiger partial charge in [-0.15, -0.1) is 0 Å². The van der Waals surface area contributed by atoms with Gasteiger partial charge in [-0.2, -0.15) is 0 Å². The molecule has 5 nitrogen and oxygen atoms in total. The molecule has 0 radical (unpaired) electrons. The van der Waals surface area contributed by atoms with Crippen LogP contribution < -0.4 is 5.32 Å². The van der Waals surface area contributed by atoms with Gasteiger partial charge in [0.05, 0.1) is 11.1 Å². The number of amides is 1. The second-order valence-corrected chi connectivity index (χ2v) is 6.71. The van der Waals surface area contributed by atoms with Gasteiger partial charge in [-0.05, 0) is 38.4 Å². The van der Waals surface area contributed by atoms with Gasteiger partial charge in [0.15, 0.2) is 0 Å². The molecule has 0 unspecified atom stereocenters. The summed E-state index contributed by atoms with van der Waals surface area (Å²) in [6, 6.07) is 5.62. The zero-order chi connectivity index (χ0) is 15.9. The molecule has 0 saturated carbocycles. The van der Waals surface area contributed by atoms with Crippen LogP contribution in [-0.4, -0.2) is 43.0 Å². The Morgan fingerprint density at radius 2 is 1.87 bits per heavy atom. The fourth-order valence-electron chi connectivity index (χ4n) is 4.08. The molecule has 1 N–H and O–H groups in total. The van der Waals surface area contributed by atoms with Crippen molar-refractivity contribution in [1.82, 2.24) is 10.2 Å². The van der Waals surface area contributed by atoms with Crippen molar-refractivity contribution in [3.8, 4) is 0 Å². The number of fused-ring (bicyclic) bond motifs is 2. The lowest BCUT2D eigenvalue weighted by Gasteiger charge is -2.33. The Balaban J connectivity index is 1.73. The van der Waals surface area contributed by atoms with E-state index in [9.17, 15) is 9.59 Å². The quantitative estimate of drug-likeness (QED) is 0.806. The lowest BCUT2D eigenvalue weighted by atomic mass is 9.83. The van der Waals surface area contributed by atoms with Gasteiger partial charge in [0.2, 0.25) is 0 Å². The highest BCUT2D eigenvalue weighted by atomic mass is 16.6. The molecule has 1 spiro atoms. The van der Waals surface area contributed by atoms with E-state index >= 15 is 0 Å².